The number of halogens is 1. The van der Waals surface area contributed by atoms with E-state index in [1.165, 1.54) is 4.90 Å². The molecule has 0 radical (unpaired) electrons. The Kier molecular flexibility index (Phi) is 6.21. The van der Waals surface area contributed by atoms with E-state index in [1.54, 1.807) is 0 Å². The van der Waals surface area contributed by atoms with Crippen molar-refractivity contribution in [1.29, 1.82) is 0 Å². The molecule has 1 saturated carbocycles. The average Bonchev–Trinajstić information content (AvgIpc) is 3.01. The number of amides is 4. The molecule has 2 bridgehead atoms. The molecule has 0 aromatic rings. The normalized spacial score (nSPS) is 34.8. The molecule has 0 aromatic heterocycles. The third kappa shape index (κ3) is 4.00. The lowest BCUT2D eigenvalue weighted by Crippen LogP contribution is -2.51. The molecule has 29 heavy (non-hydrogen) atoms. The van der Waals surface area contributed by atoms with Gasteiger partial charge in [0.05, 0.1) is 0 Å². The van der Waals surface area contributed by atoms with Gasteiger partial charge in [-0.1, -0.05) is 20.8 Å². The Morgan fingerprint density at radius 3 is 2.38 bits per heavy atom. The van der Waals surface area contributed by atoms with Crippen molar-refractivity contribution in [2.45, 2.75) is 83.3 Å². The minimum atomic E-state index is -0.793. The molecule has 1 aliphatic carbocycles. The van der Waals surface area contributed by atoms with Gasteiger partial charge in [0.1, 0.15) is 12.1 Å². The van der Waals surface area contributed by atoms with Crippen molar-refractivity contribution in [2.24, 2.45) is 11.3 Å². The molecule has 4 aliphatic rings. The van der Waals surface area contributed by atoms with Gasteiger partial charge in [0.15, 0.2) is 0 Å². The summed E-state index contributed by atoms with van der Waals surface area (Å²) in [4.78, 5) is 41.9. The van der Waals surface area contributed by atoms with Gasteiger partial charge in [-0.2, -0.15) is 0 Å². The number of nitrogens with one attached hydrogen (secondary N) is 2. The van der Waals surface area contributed by atoms with E-state index in [9.17, 15) is 14.4 Å². The van der Waals surface area contributed by atoms with Gasteiger partial charge in [0.2, 0.25) is 5.91 Å². The minimum absolute atomic E-state index is 0. The number of carbonyl (C=O) groups is 3. The molecule has 7 nitrogen and oxygen atoms in total. The molecular weight excluding hydrogens is 392 g/mol. The van der Waals surface area contributed by atoms with Crippen LogP contribution in [0.1, 0.15) is 65.7 Å². The Bertz CT molecular complexity index is 655. The summed E-state index contributed by atoms with van der Waals surface area (Å²) in [6, 6.07) is 0.0363. The molecule has 0 aromatic carbocycles. The van der Waals surface area contributed by atoms with Crippen LogP contribution in [-0.4, -0.2) is 64.9 Å². The summed E-state index contributed by atoms with van der Waals surface area (Å²) in [6.45, 7) is 8.31. The first-order valence-electron chi connectivity index (χ1n) is 10.9. The number of carbonyl (C=O) groups excluding carboxylic acids is 3. The summed E-state index contributed by atoms with van der Waals surface area (Å²) in [5.41, 5.74) is -0.582. The number of rotatable bonds is 2. The second-order valence-corrected chi connectivity index (χ2v) is 10.2. The number of hydrogen-bond acceptors (Lipinski definition) is 4. The first kappa shape index (κ1) is 22.3. The zero-order chi connectivity index (χ0) is 20.1. The Labute approximate surface area is 179 Å². The van der Waals surface area contributed by atoms with Crippen LogP contribution in [0.4, 0.5) is 4.79 Å². The van der Waals surface area contributed by atoms with Gasteiger partial charge >= 0.3 is 6.03 Å². The molecule has 2 unspecified atom stereocenters. The van der Waals surface area contributed by atoms with Crippen LogP contribution in [-0.2, 0) is 9.59 Å². The van der Waals surface area contributed by atoms with E-state index in [1.807, 2.05) is 4.90 Å². The molecule has 3 saturated heterocycles. The van der Waals surface area contributed by atoms with Gasteiger partial charge in [-0.3, -0.25) is 14.5 Å². The van der Waals surface area contributed by atoms with Crippen molar-refractivity contribution in [3.8, 4) is 0 Å². The van der Waals surface area contributed by atoms with Gasteiger partial charge in [-0.05, 0) is 62.8 Å². The maximum atomic E-state index is 13.2. The molecule has 4 fully saturated rings. The summed E-state index contributed by atoms with van der Waals surface area (Å²) in [6.07, 6.45) is 6.17. The lowest BCUT2D eigenvalue weighted by atomic mass is 9.67. The highest BCUT2D eigenvalue weighted by molar-refractivity contribution is 6.09. The fourth-order valence-electron chi connectivity index (χ4n) is 5.74. The molecule has 2 N–H and O–H groups in total. The molecule has 1 spiro atoms. The Morgan fingerprint density at radius 1 is 1.07 bits per heavy atom. The largest absolute Gasteiger partial charge is 0.334 e. The van der Waals surface area contributed by atoms with Crippen molar-refractivity contribution in [2.75, 3.05) is 19.6 Å². The van der Waals surface area contributed by atoms with E-state index >= 15 is 0 Å². The van der Waals surface area contributed by atoms with Crippen LogP contribution in [0, 0.1) is 11.3 Å². The molecule has 8 heteroatoms. The third-order valence-corrected chi connectivity index (χ3v) is 7.55. The van der Waals surface area contributed by atoms with Crippen LogP contribution < -0.4 is 10.6 Å². The van der Waals surface area contributed by atoms with Crippen molar-refractivity contribution in [1.82, 2.24) is 20.4 Å². The molecular formula is C21H35ClN4O3. The van der Waals surface area contributed by atoms with Crippen LogP contribution in [0.5, 0.6) is 0 Å². The predicted molar refractivity (Wildman–Crippen MR) is 113 cm³/mol. The highest BCUT2D eigenvalue weighted by Crippen LogP contribution is 2.43. The summed E-state index contributed by atoms with van der Waals surface area (Å²) >= 11 is 0. The van der Waals surface area contributed by atoms with E-state index in [4.69, 9.17) is 0 Å². The van der Waals surface area contributed by atoms with Crippen molar-refractivity contribution in [3.05, 3.63) is 0 Å². The number of nitrogens with zero attached hydrogens (tertiary/aromatic N) is 2. The van der Waals surface area contributed by atoms with E-state index < -0.39 is 11.6 Å². The van der Waals surface area contributed by atoms with Crippen molar-refractivity contribution in [3.63, 3.8) is 0 Å². The molecule has 2 atom stereocenters. The first-order chi connectivity index (χ1) is 13.2. The topological polar surface area (TPSA) is 81.8 Å². The molecule has 3 heterocycles. The van der Waals surface area contributed by atoms with Crippen LogP contribution in [0.25, 0.3) is 0 Å². The number of fused-ring (bicyclic) bond motifs is 2. The van der Waals surface area contributed by atoms with E-state index in [-0.39, 0.29) is 48.3 Å². The fraction of sp³-hybridized carbons (Fsp3) is 0.857. The standard InChI is InChI=1S/C21H34N4O3.ClH/c1-20(2,3)14-6-9-21(10-7-14)18(27)24(19(28)23-21)13-17(26)25-15-4-5-16(25)12-22-11-8-15;/h14-16,22H,4-13H2,1-3H3,(H,23,28);1H. The smallest absolute Gasteiger partial charge is 0.325 e. The fourth-order valence-corrected chi connectivity index (χ4v) is 5.74. The SMILES string of the molecule is CC(C)(C)C1CCC2(CC1)NC(=O)N(CC(=O)N1C3CCNCC1CC3)C2=O.Cl. The van der Waals surface area contributed by atoms with E-state index in [2.05, 4.69) is 31.4 Å². The third-order valence-electron chi connectivity index (χ3n) is 7.55. The van der Waals surface area contributed by atoms with Crippen LogP contribution in [0.2, 0.25) is 0 Å². The highest BCUT2D eigenvalue weighted by atomic mass is 35.5. The summed E-state index contributed by atoms with van der Waals surface area (Å²) in [5.74, 6) is 0.275. The van der Waals surface area contributed by atoms with Gasteiger partial charge in [0, 0.05) is 18.6 Å². The maximum absolute atomic E-state index is 13.2. The van der Waals surface area contributed by atoms with E-state index in [0.717, 1.165) is 45.2 Å². The first-order valence-corrected chi connectivity index (χ1v) is 10.9. The zero-order valence-corrected chi connectivity index (χ0v) is 18.6. The van der Waals surface area contributed by atoms with Crippen molar-refractivity contribution < 1.29 is 14.4 Å². The van der Waals surface area contributed by atoms with Gasteiger partial charge in [-0.15, -0.1) is 12.4 Å². The van der Waals surface area contributed by atoms with Gasteiger partial charge in [-0.25, -0.2) is 4.79 Å². The van der Waals surface area contributed by atoms with E-state index in [0.29, 0.717) is 18.8 Å². The Balaban J connectivity index is 0.00000240. The van der Waals surface area contributed by atoms with Gasteiger partial charge in [0.25, 0.3) is 5.91 Å². The summed E-state index contributed by atoms with van der Waals surface area (Å²) in [5, 5.41) is 6.34. The van der Waals surface area contributed by atoms with Crippen molar-refractivity contribution >= 4 is 30.3 Å². The molecule has 4 amide bonds. The lowest BCUT2D eigenvalue weighted by molar-refractivity contribution is -0.141. The Morgan fingerprint density at radius 2 is 1.72 bits per heavy atom. The number of urea groups is 1. The number of hydrogen-bond donors (Lipinski definition) is 2. The minimum Gasteiger partial charge on any atom is -0.334 e. The Hall–Kier alpha value is -1.34. The zero-order valence-electron chi connectivity index (χ0n) is 17.8. The highest BCUT2D eigenvalue weighted by Gasteiger charge is 2.54. The molecule has 164 valence electrons. The second-order valence-electron chi connectivity index (χ2n) is 10.2. The number of imide groups is 1. The average molecular weight is 427 g/mol. The summed E-state index contributed by atoms with van der Waals surface area (Å²) in [7, 11) is 0. The van der Waals surface area contributed by atoms with Crippen LogP contribution in [0.3, 0.4) is 0 Å². The molecule has 4 rings (SSSR count). The quantitative estimate of drug-likeness (QED) is 0.664. The maximum Gasteiger partial charge on any atom is 0.325 e. The predicted octanol–water partition coefficient (Wildman–Crippen LogP) is 2.29. The molecule has 3 aliphatic heterocycles. The second kappa shape index (κ2) is 8.06. The van der Waals surface area contributed by atoms with Crippen LogP contribution in [0.15, 0.2) is 0 Å². The summed E-state index contributed by atoms with van der Waals surface area (Å²) < 4.78 is 0. The van der Waals surface area contributed by atoms with Crippen LogP contribution >= 0.6 is 12.4 Å². The lowest BCUT2D eigenvalue weighted by Gasteiger charge is -2.40. The van der Waals surface area contributed by atoms with Gasteiger partial charge < -0.3 is 15.5 Å². The monoisotopic (exact) mass is 426 g/mol.